The summed E-state index contributed by atoms with van der Waals surface area (Å²) in [6, 6.07) is 9.32. The summed E-state index contributed by atoms with van der Waals surface area (Å²) < 4.78 is 5.38. The Morgan fingerprint density at radius 2 is 1.85 bits per heavy atom. The second-order valence-electron chi connectivity index (χ2n) is 7.58. The molecule has 1 aliphatic heterocycles. The number of nitrogens with one attached hydrogen (secondary N) is 2. The fraction of sp³-hybridized carbons (Fsp3) is 0.550. The standard InChI is InChI=1S/C20H29N3O3/c1-6-20(7-2)17(24)22-16(23-20)15(13-14-11-9-8-10-12-14)21-18(25)26-19(3,4)5/h8-12,15H,6-7,13H2,1-5H3,(H,21,25)(H,22,23,24)/t15-/m0/s1. The Hall–Kier alpha value is -2.37. The average Bonchev–Trinajstić information content (AvgIpc) is 2.91. The van der Waals surface area contributed by atoms with Crippen molar-refractivity contribution >= 4 is 17.8 Å². The first-order chi connectivity index (χ1) is 12.2. The maximum absolute atomic E-state index is 12.5. The zero-order chi connectivity index (χ0) is 19.4. The van der Waals surface area contributed by atoms with Crippen LogP contribution in [0.15, 0.2) is 35.3 Å². The molecular formula is C20H29N3O3. The van der Waals surface area contributed by atoms with Crippen molar-refractivity contribution in [2.75, 3.05) is 0 Å². The summed E-state index contributed by atoms with van der Waals surface area (Å²) in [4.78, 5) is 29.4. The Morgan fingerprint density at radius 3 is 2.35 bits per heavy atom. The van der Waals surface area contributed by atoms with E-state index in [-0.39, 0.29) is 5.91 Å². The van der Waals surface area contributed by atoms with Crippen LogP contribution in [0.25, 0.3) is 0 Å². The van der Waals surface area contributed by atoms with Gasteiger partial charge in [0.2, 0.25) is 0 Å². The van der Waals surface area contributed by atoms with Crippen molar-refractivity contribution in [3.05, 3.63) is 35.9 Å². The first-order valence-electron chi connectivity index (χ1n) is 9.13. The van der Waals surface area contributed by atoms with Gasteiger partial charge < -0.3 is 15.4 Å². The van der Waals surface area contributed by atoms with Crippen molar-refractivity contribution in [2.45, 2.75) is 71.1 Å². The number of carbonyl (C=O) groups excluding carboxylic acids is 2. The van der Waals surface area contributed by atoms with Gasteiger partial charge in [-0.25, -0.2) is 4.79 Å². The lowest BCUT2D eigenvalue weighted by molar-refractivity contribution is -0.124. The Labute approximate surface area is 155 Å². The van der Waals surface area contributed by atoms with Crippen molar-refractivity contribution in [3.8, 4) is 0 Å². The summed E-state index contributed by atoms with van der Waals surface area (Å²) in [6.45, 7) is 9.33. The molecule has 0 saturated carbocycles. The summed E-state index contributed by atoms with van der Waals surface area (Å²) in [5, 5.41) is 5.74. The lowest BCUT2D eigenvalue weighted by atomic mass is 9.94. The van der Waals surface area contributed by atoms with E-state index < -0.39 is 23.3 Å². The van der Waals surface area contributed by atoms with E-state index in [9.17, 15) is 9.59 Å². The summed E-state index contributed by atoms with van der Waals surface area (Å²) in [6.07, 6.45) is 1.22. The van der Waals surface area contributed by atoms with Crippen molar-refractivity contribution in [2.24, 2.45) is 4.99 Å². The zero-order valence-corrected chi connectivity index (χ0v) is 16.3. The maximum Gasteiger partial charge on any atom is 0.408 e. The molecule has 142 valence electrons. The lowest BCUT2D eigenvalue weighted by Crippen LogP contribution is -2.49. The third kappa shape index (κ3) is 4.84. The van der Waals surface area contributed by atoms with Crippen LogP contribution in [0.1, 0.15) is 53.0 Å². The van der Waals surface area contributed by atoms with Gasteiger partial charge in [-0.2, -0.15) is 0 Å². The maximum atomic E-state index is 12.5. The molecule has 6 nitrogen and oxygen atoms in total. The van der Waals surface area contributed by atoms with Crippen LogP contribution in [0.2, 0.25) is 0 Å². The van der Waals surface area contributed by atoms with Crippen LogP contribution in [-0.2, 0) is 16.0 Å². The molecule has 0 aromatic heterocycles. The average molecular weight is 359 g/mol. The van der Waals surface area contributed by atoms with Gasteiger partial charge in [0.1, 0.15) is 17.0 Å². The number of ether oxygens (including phenoxy) is 1. The Balaban J connectivity index is 2.26. The highest BCUT2D eigenvalue weighted by atomic mass is 16.6. The molecule has 0 fully saturated rings. The summed E-state index contributed by atoms with van der Waals surface area (Å²) in [7, 11) is 0. The quantitative estimate of drug-likeness (QED) is 0.818. The van der Waals surface area contributed by atoms with Crippen LogP contribution < -0.4 is 10.6 Å². The van der Waals surface area contributed by atoms with Crippen LogP contribution in [0.3, 0.4) is 0 Å². The molecule has 2 N–H and O–H groups in total. The number of rotatable bonds is 6. The molecule has 1 atom stereocenters. The number of alkyl carbamates (subject to hydrolysis) is 1. The molecule has 26 heavy (non-hydrogen) atoms. The highest BCUT2D eigenvalue weighted by Crippen LogP contribution is 2.26. The lowest BCUT2D eigenvalue weighted by Gasteiger charge is -2.24. The van der Waals surface area contributed by atoms with E-state index >= 15 is 0 Å². The predicted molar refractivity (Wildman–Crippen MR) is 102 cm³/mol. The van der Waals surface area contributed by atoms with E-state index in [1.54, 1.807) is 0 Å². The fourth-order valence-corrected chi connectivity index (χ4v) is 2.95. The molecule has 0 aliphatic carbocycles. The number of hydrogen-bond acceptors (Lipinski definition) is 4. The van der Waals surface area contributed by atoms with Crippen LogP contribution in [0, 0.1) is 0 Å². The number of nitrogens with zero attached hydrogens (tertiary/aromatic N) is 1. The van der Waals surface area contributed by atoms with Gasteiger partial charge in [0, 0.05) is 0 Å². The van der Waals surface area contributed by atoms with Crippen molar-refractivity contribution in [3.63, 3.8) is 0 Å². The molecule has 1 heterocycles. The van der Waals surface area contributed by atoms with Gasteiger partial charge in [-0.15, -0.1) is 0 Å². The van der Waals surface area contributed by atoms with Gasteiger partial charge in [0.25, 0.3) is 5.91 Å². The van der Waals surface area contributed by atoms with E-state index in [0.717, 1.165) is 5.56 Å². The van der Waals surface area contributed by atoms with E-state index in [0.29, 0.717) is 25.1 Å². The van der Waals surface area contributed by atoms with Gasteiger partial charge in [0.05, 0.1) is 6.04 Å². The topological polar surface area (TPSA) is 79.8 Å². The second kappa shape index (κ2) is 7.89. The largest absolute Gasteiger partial charge is 0.444 e. The third-order valence-electron chi connectivity index (χ3n) is 4.47. The number of hydrogen-bond donors (Lipinski definition) is 2. The van der Waals surface area contributed by atoms with Crippen molar-refractivity contribution in [1.82, 2.24) is 10.6 Å². The Kier molecular flexibility index (Phi) is 6.05. The van der Waals surface area contributed by atoms with Crippen LogP contribution in [0.4, 0.5) is 4.79 Å². The molecule has 1 aliphatic rings. The number of aliphatic imine (C=N–C) groups is 1. The molecule has 1 aromatic carbocycles. The van der Waals surface area contributed by atoms with Crippen LogP contribution in [0.5, 0.6) is 0 Å². The summed E-state index contributed by atoms with van der Waals surface area (Å²) >= 11 is 0. The van der Waals surface area contributed by atoms with Crippen LogP contribution >= 0.6 is 0 Å². The number of benzene rings is 1. The minimum absolute atomic E-state index is 0.110. The fourth-order valence-electron chi connectivity index (χ4n) is 2.95. The highest BCUT2D eigenvalue weighted by Gasteiger charge is 2.42. The van der Waals surface area contributed by atoms with E-state index in [1.807, 2.05) is 65.0 Å². The zero-order valence-electron chi connectivity index (χ0n) is 16.3. The smallest absolute Gasteiger partial charge is 0.408 e. The minimum Gasteiger partial charge on any atom is -0.444 e. The van der Waals surface area contributed by atoms with Gasteiger partial charge in [-0.05, 0) is 45.6 Å². The SMILES string of the molecule is CCC1(CC)N=C([C@H](Cc2ccccc2)NC(=O)OC(C)(C)C)NC1=O. The minimum atomic E-state index is -0.750. The van der Waals surface area contributed by atoms with E-state index in [1.165, 1.54) is 0 Å². The van der Waals surface area contributed by atoms with Gasteiger partial charge in [-0.1, -0.05) is 44.2 Å². The Morgan fingerprint density at radius 1 is 1.23 bits per heavy atom. The van der Waals surface area contributed by atoms with E-state index in [2.05, 4.69) is 15.6 Å². The van der Waals surface area contributed by atoms with Crippen LogP contribution in [-0.4, -0.2) is 35.0 Å². The second-order valence-corrected chi connectivity index (χ2v) is 7.58. The molecular weight excluding hydrogens is 330 g/mol. The Bertz CT molecular complexity index is 673. The number of amidine groups is 1. The first kappa shape index (κ1) is 19.9. The molecule has 2 rings (SSSR count). The van der Waals surface area contributed by atoms with Gasteiger partial charge in [-0.3, -0.25) is 9.79 Å². The normalized spacial score (nSPS) is 17.3. The molecule has 2 amide bonds. The summed E-state index contributed by atoms with van der Waals surface area (Å²) in [5.41, 5.74) is -0.311. The molecule has 0 radical (unpaired) electrons. The molecule has 1 aromatic rings. The predicted octanol–water partition coefficient (Wildman–Crippen LogP) is 3.21. The molecule has 0 bridgehead atoms. The molecule has 0 unspecified atom stereocenters. The molecule has 0 spiro atoms. The summed E-state index contributed by atoms with van der Waals surface area (Å²) in [5.74, 6) is 0.384. The van der Waals surface area contributed by atoms with Crippen molar-refractivity contribution in [1.29, 1.82) is 0 Å². The van der Waals surface area contributed by atoms with Gasteiger partial charge in [0.15, 0.2) is 0 Å². The monoisotopic (exact) mass is 359 g/mol. The number of amides is 2. The molecule has 6 heteroatoms. The third-order valence-corrected chi connectivity index (χ3v) is 4.47. The van der Waals surface area contributed by atoms with E-state index in [4.69, 9.17) is 4.74 Å². The first-order valence-corrected chi connectivity index (χ1v) is 9.13. The van der Waals surface area contributed by atoms with Gasteiger partial charge >= 0.3 is 6.09 Å². The number of carbonyl (C=O) groups is 2. The molecule has 0 saturated heterocycles. The van der Waals surface area contributed by atoms with Crippen molar-refractivity contribution < 1.29 is 14.3 Å². The highest BCUT2D eigenvalue weighted by molar-refractivity contribution is 6.10.